The van der Waals surface area contributed by atoms with Crippen LogP contribution in [0.15, 0.2) is 49.1 Å². The quantitative estimate of drug-likeness (QED) is 0.0968. The number of tetrazole rings is 1. The Morgan fingerprint density at radius 1 is 0.862 bits per heavy atom. The number of H-pyrrole nitrogens is 2. The van der Waals surface area contributed by atoms with E-state index < -0.39 is 0 Å². The first-order chi connectivity index (χ1) is 28.5. The van der Waals surface area contributed by atoms with E-state index in [0.29, 0.717) is 11.6 Å². The number of carbonyl (C=O) groups excluding carboxylic acids is 1. The summed E-state index contributed by atoms with van der Waals surface area (Å²) >= 11 is 0. The van der Waals surface area contributed by atoms with Gasteiger partial charge in [0.25, 0.3) is 0 Å². The third-order valence-corrected chi connectivity index (χ3v) is 12.6. The fourth-order valence-electron chi connectivity index (χ4n) is 9.67. The number of hydrogen-bond acceptors (Lipinski definition) is 12. The van der Waals surface area contributed by atoms with E-state index in [1.807, 2.05) is 19.2 Å². The summed E-state index contributed by atoms with van der Waals surface area (Å²) in [5, 5.41) is 17.6. The lowest BCUT2D eigenvalue weighted by molar-refractivity contribution is -0.771. The number of benzene rings is 2. The van der Waals surface area contributed by atoms with Crippen molar-refractivity contribution in [3.8, 4) is 11.4 Å². The highest BCUT2D eigenvalue weighted by Gasteiger charge is 2.35. The Bertz CT molecular complexity index is 2600. The minimum absolute atomic E-state index is 0.211. The number of carbonyl (C=O) groups is 1. The number of aromatic amines is 2. The second-order valence-electron chi connectivity index (χ2n) is 16.2. The second-order valence-corrected chi connectivity index (χ2v) is 16.2. The van der Waals surface area contributed by atoms with E-state index in [1.54, 1.807) is 23.5 Å². The molecule has 1 atom stereocenters. The Morgan fingerprint density at radius 3 is 2.45 bits per heavy atom. The lowest BCUT2D eigenvalue weighted by atomic mass is 9.97. The molecule has 0 amide bonds. The molecule has 5 aromatic heterocycles. The van der Waals surface area contributed by atoms with Crippen LogP contribution in [0.4, 0.5) is 11.6 Å². The van der Waals surface area contributed by atoms with Crippen molar-refractivity contribution in [2.45, 2.75) is 63.5 Å². The minimum Gasteiger partial charge on any atom is -0.465 e. The van der Waals surface area contributed by atoms with E-state index >= 15 is 0 Å². The van der Waals surface area contributed by atoms with Crippen LogP contribution in [0.25, 0.3) is 55.3 Å². The number of ether oxygens (including phenoxy) is 1. The van der Waals surface area contributed by atoms with Crippen molar-refractivity contribution in [2.75, 3.05) is 69.7 Å². The first kappa shape index (κ1) is 36.6. The molecular formula is C42H51N14O2+. The Labute approximate surface area is 336 Å². The number of hydrogen-bond donors (Lipinski definition) is 3. The van der Waals surface area contributed by atoms with E-state index in [2.05, 4.69) is 67.8 Å². The van der Waals surface area contributed by atoms with Gasteiger partial charge in [0.1, 0.15) is 48.7 Å². The van der Waals surface area contributed by atoms with E-state index in [-0.39, 0.29) is 12.0 Å². The number of anilines is 2. The number of aromatic nitrogens is 10. The van der Waals surface area contributed by atoms with Crippen molar-refractivity contribution in [3.05, 3.63) is 54.6 Å². The van der Waals surface area contributed by atoms with Gasteiger partial charge in [-0.25, -0.2) is 24.7 Å². The molecule has 7 aromatic rings. The van der Waals surface area contributed by atoms with E-state index in [1.165, 1.54) is 39.5 Å². The number of nitrogens with zero attached hydrogens (tertiary/aromatic N) is 11. The molecule has 10 rings (SSSR count). The summed E-state index contributed by atoms with van der Waals surface area (Å²) in [4.78, 5) is 47.1. The molecule has 0 aliphatic carbocycles. The van der Waals surface area contributed by atoms with Gasteiger partial charge in [-0.3, -0.25) is 4.90 Å². The summed E-state index contributed by atoms with van der Waals surface area (Å²) in [5.74, 6) is 2.33. The number of piperidine rings is 3. The maximum absolute atomic E-state index is 12.2. The van der Waals surface area contributed by atoms with E-state index in [4.69, 9.17) is 20.0 Å². The molecule has 2 aromatic carbocycles. The average Bonchev–Trinajstić information content (AvgIpc) is 3.97. The fraction of sp³-hybridized carbons (Fsp3) is 0.476. The third-order valence-electron chi connectivity index (χ3n) is 12.6. The van der Waals surface area contributed by atoms with Gasteiger partial charge in [-0.15, -0.1) is 4.68 Å². The first-order valence-corrected chi connectivity index (χ1v) is 20.9. The van der Waals surface area contributed by atoms with Crippen molar-refractivity contribution >= 4 is 61.5 Å². The van der Waals surface area contributed by atoms with Crippen molar-refractivity contribution in [2.24, 2.45) is 7.05 Å². The summed E-state index contributed by atoms with van der Waals surface area (Å²) in [5.41, 5.74) is 4.99. The number of likely N-dealkylation sites (tertiary alicyclic amines) is 2. The first-order valence-electron chi connectivity index (χ1n) is 20.9. The zero-order valence-electron chi connectivity index (χ0n) is 33.3. The lowest BCUT2D eigenvalue weighted by Gasteiger charge is -2.41. The number of fused-ring (bicyclic) bond motifs is 6. The molecule has 0 spiro atoms. The molecule has 300 valence electrons. The molecule has 1 unspecified atom stereocenters. The molecule has 16 heteroatoms. The summed E-state index contributed by atoms with van der Waals surface area (Å²) in [6.45, 7) is 8.26. The smallest absolute Gasteiger partial charge is 0.337 e. The largest absolute Gasteiger partial charge is 0.465 e. The van der Waals surface area contributed by atoms with Crippen molar-refractivity contribution < 1.29 is 14.2 Å². The normalized spacial score (nSPS) is 18.9. The predicted octanol–water partition coefficient (Wildman–Crippen LogP) is 5.00. The van der Waals surface area contributed by atoms with Crippen LogP contribution < -0.4 is 14.9 Å². The number of nitrogens with one attached hydrogen (secondary N) is 3. The molecule has 0 saturated carbocycles. The number of esters is 1. The number of rotatable bonds is 10. The molecule has 3 aliphatic heterocycles. The fourth-order valence-corrected chi connectivity index (χ4v) is 9.67. The molecular weight excluding hydrogens is 733 g/mol. The summed E-state index contributed by atoms with van der Waals surface area (Å²) in [6, 6.07) is 12.8. The third kappa shape index (κ3) is 6.87. The molecule has 3 aliphatic rings. The highest BCUT2D eigenvalue weighted by Crippen LogP contribution is 2.35. The zero-order valence-corrected chi connectivity index (χ0v) is 33.3. The van der Waals surface area contributed by atoms with Gasteiger partial charge in [0.2, 0.25) is 0 Å². The van der Waals surface area contributed by atoms with Crippen LogP contribution >= 0.6 is 0 Å². The van der Waals surface area contributed by atoms with Crippen LogP contribution in [-0.2, 0) is 11.8 Å². The monoisotopic (exact) mass is 783 g/mol. The van der Waals surface area contributed by atoms with E-state index in [0.717, 1.165) is 138 Å². The molecule has 0 radical (unpaired) electrons. The van der Waals surface area contributed by atoms with Crippen molar-refractivity contribution in [1.29, 1.82) is 0 Å². The molecule has 3 saturated heterocycles. The van der Waals surface area contributed by atoms with Gasteiger partial charge < -0.3 is 29.8 Å². The maximum Gasteiger partial charge on any atom is 0.337 e. The van der Waals surface area contributed by atoms with Crippen LogP contribution in [0.5, 0.6) is 0 Å². The number of aryl methyl sites for hydroxylation is 1. The average molecular weight is 784 g/mol. The van der Waals surface area contributed by atoms with Gasteiger partial charge in [-0.2, -0.15) is 0 Å². The molecule has 0 bridgehead atoms. The van der Waals surface area contributed by atoms with Crippen LogP contribution in [0.3, 0.4) is 0 Å². The highest BCUT2D eigenvalue weighted by molar-refractivity contribution is 6.13. The van der Waals surface area contributed by atoms with Crippen LogP contribution in [0.1, 0.15) is 67.8 Å². The van der Waals surface area contributed by atoms with Crippen LogP contribution in [0.2, 0.25) is 0 Å². The summed E-state index contributed by atoms with van der Waals surface area (Å²) in [6.07, 6.45) is 12.6. The van der Waals surface area contributed by atoms with Gasteiger partial charge in [-0.05, 0) is 100 Å². The molecule has 8 heterocycles. The Morgan fingerprint density at radius 2 is 1.62 bits per heavy atom. The summed E-state index contributed by atoms with van der Waals surface area (Å²) in [7, 11) is 3.31. The van der Waals surface area contributed by atoms with Crippen LogP contribution in [-0.4, -0.2) is 126 Å². The van der Waals surface area contributed by atoms with Gasteiger partial charge >= 0.3 is 11.8 Å². The minimum atomic E-state index is -0.360. The summed E-state index contributed by atoms with van der Waals surface area (Å²) < 4.78 is 7.09. The maximum atomic E-state index is 12.2. The van der Waals surface area contributed by atoms with Gasteiger partial charge in [0, 0.05) is 54.0 Å². The predicted molar refractivity (Wildman–Crippen MR) is 223 cm³/mol. The van der Waals surface area contributed by atoms with Gasteiger partial charge in [0.15, 0.2) is 0 Å². The van der Waals surface area contributed by atoms with E-state index in [9.17, 15) is 4.79 Å². The van der Waals surface area contributed by atoms with Crippen LogP contribution in [0, 0.1) is 0 Å². The SMILES string of the molecule is COC(=O)c1ccc2c(c1)[nH]c1ncnc(N3CCC(N4CCCC([n+]5nn(C)nc5-c5ccc6c(c5)[nH]c5ncnc(NCCCN7CCCCC7)c56)C4)CC3)c12. The van der Waals surface area contributed by atoms with Crippen molar-refractivity contribution in [1.82, 2.24) is 54.8 Å². The standard InChI is InChI=1S/C42H50N14O2/c1-52-50-40(27-9-11-31-33(22-27)48-38-35(31)37(44-25-45-38)43-15-7-18-53-16-4-3-5-17-53)56(51-52)30-8-6-19-55(24-30)29-13-20-54(21-14-29)41-36-32-12-10-28(42(57)58-2)23-34(32)49-39(36)46-26-47-41/h9-12,22-23,25-26,29-30,51H,3-8,13-21,24H2,1-2H3,(H,46,47,49,57)/p+1. The number of methoxy groups -OCH3 is 1. The molecule has 3 N–H and O–H groups in total. The van der Waals surface area contributed by atoms with Crippen molar-refractivity contribution in [3.63, 3.8) is 0 Å². The Hall–Kier alpha value is -5.74. The Balaban J connectivity index is 0.830. The van der Waals surface area contributed by atoms with Gasteiger partial charge in [0.05, 0.1) is 39.3 Å². The molecule has 58 heavy (non-hydrogen) atoms. The second kappa shape index (κ2) is 15.5. The lowest BCUT2D eigenvalue weighted by Crippen LogP contribution is -2.55. The Kier molecular flexibility index (Phi) is 9.81. The molecule has 16 nitrogen and oxygen atoms in total. The molecule has 3 fully saturated rings. The van der Waals surface area contributed by atoms with Gasteiger partial charge in [-0.1, -0.05) is 18.6 Å². The topological polar surface area (TPSA) is 166 Å². The zero-order chi connectivity index (χ0) is 39.2. The highest BCUT2D eigenvalue weighted by atomic mass is 16.5.